The van der Waals surface area contributed by atoms with Gasteiger partial charge in [0.05, 0.1) is 17.3 Å². The van der Waals surface area contributed by atoms with Crippen LogP contribution in [0.1, 0.15) is 58.1 Å². The molecule has 0 radical (unpaired) electrons. The lowest BCUT2D eigenvalue weighted by Crippen LogP contribution is -2.53. The van der Waals surface area contributed by atoms with E-state index in [9.17, 15) is 18.0 Å². The highest BCUT2D eigenvalue weighted by molar-refractivity contribution is 5.68. The van der Waals surface area contributed by atoms with Gasteiger partial charge in [0, 0.05) is 25.4 Å². The minimum Gasteiger partial charge on any atom is -0.444 e. The molecule has 2 fully saturated rings. The number of nitrogens with zero attached hydrogens (tertiary/aromatic N) is 1. The zero-order chi connectivity index (χ0) is 21.4. The summed E-state index contributed by atoms with van der Waals surface area (Å²) in [4.78, 5) is 14.1. The molecule has 0 bridgehead atoms. The molecule has 1 amide bonds. The molecule has 0 aliphatic carbocycles. The van der Waals surface area contributed by atoms with Gasteiger partial charge >= 0.3 is 12.3 Å². The lowest BCUT2D eigenvalue weighted by molar-refractivity contribution is -0.161. The highest BCUT2D eigenvalue weighted by Gasteiger charge is 2.43. The van der Waals surface area contributed by atoms with Crippen LogP contribution in [0.3, 0.4) is 0 Å². The number of carbonyl (C=O) groups is 1. The van der Waals surface area contributed by atoms with E-state index < -0.39 is 22.9 Å². The maximum Gasteiger partial charge on any atom is 0.416 e. The minimum atomic E-state index is -4.34. The standard InChI is InChI=1S/C22H30F3NO3/c1-20(2,3)29-19(27)26-11-9-18-16(14-26)8-10-21(4,28-18)13-15-6-5-7-17(12-15)22(23,24)25/h5-7,12,16,18H,8-11,13-14H2,1-4H3/t16-,18+,21+/m0/s1. The third-order valence-corrected chi connectivity index (χ3v) is 5.63. The van der Waals surface area contributed by atoms with E-state index in [1.54, 1.807) is 11.0 Å². The van der Waals surface area contributed by atoms with Crippen molar-refractivity contribution in [2.45, 2.75) is 76.9 Å². The molecule has 2 aliphatic rings. The van der Waals surface area contributed by atoms with Gasteiger partial charge < -0.3 is 14.4 Å². The van der Waals surface area contributed by atoms with Crippen LogP contribution in [0.15, 0.2) is 24.3 Å². The Morgan fingerprint density at radius 3 is 2.66 bits per heavy atom. The molecule has 1 aromatic rings. The summed E-state index contributed by atoms with van der Waals surface area (Å²) in [6, 6.07) is 5.48. The van der Waals surface area contributed by atoms with Crippen LogP contribution in [-0.2, 0) is 22.1 Å². The number of carbonyl (C=O) groups excluding carboxylic acids is 1. The molecule has 29 heavy (non-hydrogen) atoms. The topological polar surface area (TPSA) is 38.8 Å². The monoisotopic (exact) mass is 413 g/mol. The summed E-state index contributed by atoms with van der Waals surface area (Å²) in [6.45, 7) is 8.68. The fourth-order valence-corrected chi connectivity index (χ4v) is 4.27. The molecule has 7 heteroatoms. The summed E-state index contributed by atoms with van der Waals surface area (Å²) in [5.74, 6) is 0.228. The van der Waals surface area contributed by atoms with E-state index in [2.05, 4.69) is 0 Å². The van der Waals surface area contributed by atoms with E-state index in [4.69, 9.17) is 9.47 Å². The number of fused-ring (bicyclic) bond motifs is 1. The van der Waals surface area contributed by atoms with Gasteiger partial charge in [0.15, 0.2) is 0 Å². The van der Waals surface area contributed by atoms with Crippen molar-refractivity contribution in [2.75, 3.05) is 13.1 Å². The molecular weight excluding hydrogens is 383 g/mol. The van der Waals surface area contributed by atoms with Crippen LogP contribution >= 0.6 is 0 Å². The molecule has 1 aromatic carbocycles. The van der Waals surface area contributed by atoms with E-state index in [1.807, 2.05) is 27.7 Å². The largest absolute Gasteiger partial charge is 0.444 e. The first-order valence-electron chi connectivity index (χ1n) is 10.2. The van der Waals surface area contributed by atoms with Gasteiger partial charge in [0.1, 0.15) is 5.60 Å². The normalized spacial score (nSPS) is 28.0. The molecule has 0 N–H and O–H groups in total. The lowest BCUT2D eigenvalue weighted by Gasteiger charge is -2.47. The predicted octanol–water partition coefficient (Wildman–Crippen LogP) is 5.44. The molecule has 0 spiro atoms. The molecule has 2 heterocycles. The fraction of sp³-hybridized carbons (Fsp3) is 0.682. The number of alkyl halides is 3. The highest BCUT2D eigenvalue weighted by atomic mass is 19.4. The van der Waals surface area contributed by atoms with Crippen molar-refractivity contribution < 1.29 is 27.4 Å². The Labute approximate surface area is 170 Å². The van der Waals surface area contributed by atoms with E-state index in [1.165, 1.54) is 12.1 Å². The molecular formula is C22H30F3NO3. The van der Waals surface area contributed by atoms with E-state index >= 15 is 0 Å². The molecule has 2 aliphatic heterocycles. The molecule has 0 saturated carbocycles. The Bertz CT molecular complexity index is 744. The Kier molecular flexibility index (Phi) is 5.91. The maximum atomic E-state index is 13.0. The molecule has 4 nitrogen and oxygen atoms in total. The first-order chi connectivity index (χ1) is 13.3. The maximum absolute atomic E-state index is 13.0. The van der Waals surface area contributed by atoms with Crippen LogP contribution in [0.5, 0.6) is 0 Å². The zero-order valence-corrected chi connectivity index (χ0v) is 17.5. The molecule has 3 atom stereocenters. The quantitative estimate of drug-likeness (QED) is 0.648. The second kappa shape index (κ2) is 7.82. The molecule has 3 rings (SSSR count). The van der Waals surface area contributed by atoms with Crippen LogP contribution in [0.4, 0.5) is 18.0 Å². The lowest BCUT2D eigenvalue weighted by atomic mass is 9.80. The average molecular weight is 413 g/mol. The molecule has 162 valence electrons. The molecule has 0 unspecified atom stereocenters. The van der Waals surface area contributed by atoms with Gasteiger partial charge in [-0.2, -0.15) is 13.2 Å². The van der Waals surface area contributed by atoms with Gasteiger partial charge in [-0.15, -0.1) is 0 Å². The van der Waals surface area contributed by atoms with Gasteiger partial charge in [-0.1, -0.05) is 18.2 Å². The number of likely N-dealkylation sites (tertiary alicyclic amines) is 1. The minimum absolute atomic E-state index is 0.0123. The zero-order valence-electron chi connectivity index (χ0n) is 17.5. The average Bonchev–Trinajstić information content (AvgIpc) is 2.59. The van der Waals surface area contributed by atoms with Gasteiger partial charge in [-0.05, 0) is 58.6 Å². The Morgan fingerprint density at radius 1 is 1.28 bits per heavy atom. The van der Waals surface area contributed by atoms with Crippen molar-refractivity contribution in [3.8, 4) is 0 Å². The van der Waals surface area contributed by atoms with Crippen LogP contribution in [0, 0.1) is 5.92 Å². The number of benzene rings is 1. The summed E-state index contributed by atoms with van der Waals surface area (Å²) >= 11 is 0. The highest BCUT2D eigenvalue weighted by Crippen LogP contribution is 2.39. The summed E-state index contributed by atoms with van der Waals surface area (Å²) in [6.07, 6.45) is -1.86. The number of ether oxygens (including phenoxy) is 2. The Morgan fingerprint density at radius 2 is 2.00 bits per heavy atom. The number of hydrogen-bond donors (Lipinski definition) is 0. The number of halogens is 3. The van der Waals surface area contributed by atoms with Gasteiger partial charge in [-0.3, -0.25) is 0 Å². The first kappa shape index (κ1) is 21.9. The van der Waals surface area contributed by atoms with Gasteiger partial charge in [0.2, 0.25) is 0 Å². The number of amides is 1. The number of hydrogen-bond acceptors (Lipinski definition) is 3. The third-order valence-electron chi connectivity index (χ3n) is 5.63. The van der Waals surface area contributed by atoms with Crippen molar-refractivity contribution in [2.24, 2.45) is 5.92 Å². The van der Waals surface area contributed by atoms with Crippen molar-refractivity contribution in [3.05, 3.63) is 35.4 Å². The van der Waals surface area contributed by atoms with Crippen molar-refractivity contribution >= 4 is 6.09 Å². The Balaban J connectivity index is 1.61. The van der Waals surface area contributed by atoms with Gasteiger partial charge in [0.25, 0.3) is 0 Å². The summed E-state index contributed by atoms with van der Waals surface area (Å²) in [7, 11) is 0. The van der Waals surface area contributed by atoms with Crippen LogP contribution in [-0.4, -0.2) is 41.4 Å². The smallest absolute Gasteiger partial charge is 0.416 e. The fourth-order valence-electron chi connectivity index (χ4n) is 4.27. The summed E-state index contributed by atoms with van der Waals surface area (Å²) in [5, 5.41) is 0. The summed E-state index contributed by atoms with van der Waals surface area (Å²) in [5.41, 5.74) is -1.02. The SMILES string of the molecule is CC(C)(C)OC(=O)N1CC[C@H]2O[C@@](C)(Cc3cccc(C(F)(F)F)c3)CC[C@H]2C1. The van der Waals surface area contributed by atoms with Crippen LogP contribution < -0.4 is 0 Å². The van der Waals surface area contributed by atoms with Crippen molar-refractivity contribution in [3.63, 3.8) is 0 Å². The second-order valence-corrected chi connectivity index (χ2v) is 9.49. The van der Waals surface area contributed by atoms with E-state index in [-0.39, 0.29) is 18.1 Å². The van der Waals surface area contributed by atoms with Crippen LogP contribution in [0.2, 0.25) is 0 Å². The first-order valence-corrected chi connectivity index (χ1v) is 10.2. The predicted molar refractivity (Wildman–Crippen MR) is 104 cm³/mol. The van der Waals surface area contributed by atoms with Crippen LogP contribution in [0.25, 0.3) is 0 Å². The summed E-state index contributed by atoms with van der Waals surface area (Å²) < 4.78 is 50.8. The van der Waals surface area contributed by atoms with E-state index in [0.717, 1.165) is 18.9 Å². The second-order valence-electron chi connectivity index (χ2n) is 9.49. The van der Waals surface area contributed by atoms with E-state index in [0.29, 0.717) is 31.5 Å². The Hall–Kier alpha value is -1.76. The molecule has 0 aromatic heterocycles. The third kappa shape index (κ3) is 5.65. The van der Waals surface area contributed by atoms with Gasteiger partial charge in [-0.25, -0.2) is 4.79 Å². The number of piperidine rings is 1. The van der Waals surface area contributed by atoms with Crippen molar-refractivity contribution in [1.29, 1.82) is 0 Å². The van der Waals surface area contributed by atoms with Crippen molar-refractivity contribution in [1.82, 2.24) is 4.90 Å². The molecule has 2 saturated heterocycles. The number of rotatable bonds is 2.